The van der Waals surface area contributed by atoms with Gasteiger partial charge in [-0.1, -0.05) is 83.3 Å². The van der Waals surface area contributed by atoms with E-state index in [1.807, 2.05) is 0 Å². The SMILES string of the molecule is C=CC(C)(CC/C(C)=C/CCCC)[Si](CC)(CC)CC. The number of hydrogen-bond donors (Lipinski definition) is 0. The summed E-state index contributed by atoms with van der Waals surface area (Å²) < 4.78 is 0. The number of hydrogen-bond acceptors (Lipinski definition) is 0. The fraction of sp³-hybridized carbons (Fsp3) is 0.789. The summed E-state index contributed by atoms with van der Waals surface area (Å²) in [5, 5.41) is 0.394. The first-order valence-corrected chi connectivity index (χ1v) is 11.4. The Morgan fingerprint density at radius 3 is 2.05 bits per heavy atom. The molecule has 20 heavy (non-hydrogen) atoms. The summed E-state index contributed by atoms with van der Waals surface area (Å²) in [5.74, 6) is 0. The first-order valence-electron chi connectivity index (χ1n) is 8.74. The highest BCUT2D eigenvalue weighted by Gasteiger charge is 2.43. The van der Waals surface area contributed by atoms with E-state index in [2.05, 4.69) is 60.3 Å². The Labute approximate surface area is 129 Å². The molecule has 0 fully saturated rings. The van der Waals surface area contributed by atoms with Gasteiger partial charge >= 0.3 is 0 Å². The number of unbranched alkanes of at least 4 members (excludes halogenated alkanes) is 2. The van der Waals surface area contributed by atoms with Gasteiger partial charge in [-0.15, -0.1) is 6.58 Å². The van der Waals surface area contributed by atoms with Gasteiger partial charge in [-0.05, 0) is 31.2 Å². The van der Waals surface area contributed by atoms with Gasteiger partial charge in [0.15, 0.2) is 0 Å². The lowest BCUT2D eigenvalue weighted by Crippen LogP contribution is -2.43. The molecule has 0 aromatic carbocycles. The predicted octanol–water partition coefficient (Wildman–Crippen LogP) is 7.36. The first kappa shape index (κ1) is 19.7. The normalized spacial score (nSPS) is 16.0. The molecule has 0 radical (unpaired) electrons. The molecule has 1 unspecified atom stereocenters. The third-order valence-electron chi connectivity index (χ3n) is 5.78. The average Bonchev–Trinajstić information content (AvgIpc) is 2.47. The van der Waals surface area contributed by atoms with Gasteiger partial charge in [-0.2, -0.15) is 0 Å². The van der Waals surface area contributed by atoms with Crippen LogP contribution < -0.4 is 0 Å². The molecule has 0 aliphatic rings. The third kappa shape index (κ3) is 4.91. The molecule has 0 aromatic heterocycles. The zero-order chi connectivity index (χ0) is 15.6. The molecule has 0 heterocycles. The zero-order valence-corrected chi connectivity index (χ0v) is 16.0. The Balaban J connectivity index is 4.82. The maximum Gasteiger partial charge on any atom is 0.0628 e. The maximum atomic E-state index is 4.21. The largest absolute Gasteiger partial charge is 0.103 e. The highest BCUT2D eigenvalue weighted by Crippen LogP contribution is 2.49. The molecule has 0 aromatic rings. The minimum absolute atomic E-state index is 0.394. The van der Waals surface area contributed by atoms with Crippen LogP contribution in [0, 0.1) is 0 Å². The standard InChI is InChI=1S/C19H38Si/c1-8-13-14-15-18(6)16-17-19(7,9-2)20(10-3,11-4)12-5/h9,15H,2,8,10-14,16-17H2,1,3-7H3/b18-15+. The van der Waals surface area contributed by atoms with Crippen LogP contribution in [-0.4, -0.2) is 8.07 Å². The van der Waals surface area contributed by atoms with E-state index in [-0.39, 0.29) is 0 Å². The van der Waals surface area contributed by atoms with Crippen molar-refractivity contribution in [2.24, 2.45) is 0 Å². The Hall–Kier alpha value is -0.303. The summed E-state index contributed by atoms with van der Waals surface area (Å²) >= 11 is 0. The Bertz CT molecular complexity index is 291. The molecule has 0 spiro atoms. The quantitative estimate of drug-likeness (QED) is 0.212. The highest BCUT2D eigenvalue weighted by atomic mass is 28.3. The highest BCUT2D eigenvalue weighted by molar-refractivity contribution is 6.83. The van der Waals surface area contributed by atoms with Crippen molar-refractivity contribution in [3.05, 3.63) is 24.3 Å². The van der Waals surface area contributed by atoms with Crippen LogP contribution in [0.25, 0.3) is 0 Å². The molecule has 0 N–H and O–H groups in total. The van der Waals surface area contributed by atoms with Crippen molar-refractivity contribution in [2.45, 2.75) is 96.8 Å². The average molecular weight is 295 g/mol. The first-order chi connectivity index (χ1) is 9.45. The van der Waals surface area contributed by atoms with E-state index in [1.165, 1.54) is 50.2 Å². The van der Waals surface area contributed by atoms with Crippen LogP contribution in [0.4, 0.5) is 0 Å². The molecule has 1 atom stereocenters. The van der Waals surface area contributed by atoms with Gasteiger partial charge in [0.05, 0.1) is 8.07 Å². The van der Waals surface area contributed by atoms with E-state index in [0.29, 0.717) is 5.04 Å². The van der Waals surface area contributed by atoms with Crippen molar-refractivity contribution >= 4 is 8.07 Å². The minimum atomic E-state index is -1.22. The van der Waals surface area contributed by atoms with Crippen molar-refractivity contribution in [1.29, 1.82) is 0 Å². The molecule has 0 nitrogen and oxygen atoms in total. The second kappa shape index (κ2) is 9.60. The van der Waals surface area contributed by atoms with Crippen molar-refractivity contribution in [2.75, 3.05) is 0 Å². The molecule has 0 bridgehead atoms. The maximum absolute atomic E-state index is 4.21. The van der Waals surface area contributed by atoms with Crippen LogP contribution in [0.5, 0.6) is 0 Å². The molecular weight excluding hydrogens is 256 g/mol. The molecule has 1 heteroatoms. The zero-order valence-electron chi connectivity index (χ0n) is 15.0. The summed E-state index contributed by atoms with van der Waals surface area (Å²) in [6.07, 6.45) is 11.2. The Morgan fingerprint density at radius 1 is 1.10 bits per heavy atom. The van der Waals surface area contributed by atoms with Gasteiger partial charge in [-0.25, -0.2) is 0 Å². The predicted molar refractivity (Wildman–Crippen MR) is 98.3 cm³/mol. The summed E-state index contributed by atoms with van der Waals surface area (Å²) in [6.45, 7) is 18.5. The van der Waals surface area contributed by atoms with Crippen molar-refractivity contribution in [3.63, 3.8) is 0 Å². The van der Waals surface area contributed by atoms with Gasteiger partial charge in [0.25, 0.3) is 0 Å². The summed E-state index contributed by atoms with van der Waals surface area (Å²) in [6, 6.07) is 4.17. The van der Waals surface area contributed by atoms with Gasteiger partial charge < -0.3 is 0 Å². The van der Waals surface area contributed by atoms with Crippen LogP contribution in [0.15, 0.2) is 24.3 Å². The summed E-state index contributed by atoms with van der Waals surface area (Å²) in [4.78, 5) is 0. The number of allylic oxidation sites excluding steroid dienone is 3. The van der Waals surface area contributed by atoms with Crippen LogP contribution in [0.3, 0.4) is 0 Å². The second-order valence-corrected chi connectivity index (χ2v) is 12.5. The summed E-state index contributed by atoms with van der Waals surface area (Å²) in [7, 11) is -1.22. The van der Waals surface area contributed by atoms with Gasteiger partial charge in [-0.3, -0.25) is 0 Å². The van der Waals surface area contributed by atoms with Crippen LogP contribution in [0.2, 0.25) is 23.2 Å². The molecule has 0 saturated carbocycles. The monoisotopic (exact) mass is 294 g/mol. The minimum Gasteiger partial charge on any atom is -0.103 e. The number of rotatable bonds is 11. The lowest BCUT2D eigenvalue weighted by molar-refractivity contribution is 0.624. The van der Waals surface area contributed by atoms with Gasteiger partial charge in [0.1, 0.15) is 0 Å². The van der Waals surface area contributed by atoms with Crippen LogP contribution >= 0.6 is 0 Å². The molecule has 0 saturated heterocycles. The topological polar surface area (TPSA) is 0 Å². The van der Waals surface area contributed by atoms with E-state index in [9.17, 15) is 0 Å². The smallest absolute Gasteiger partial charge is 0.0628 e. The van der Waals surface area contributed by atoms with E-state index in [4.69, 9.17) is 0 Å². The fourth-order valence-electron chi connectivity index (χ4n) is 3.66. The van der Waals surface area contributed by atoms with Crippen LogP contribution in [-0.2, 0) is 0 Å². The summed E-state index contributed by atoms with van der Waals surface area (Å²) in [5.41, 5.74) is 1.58. The van der Waals surface area contributed by atoms with E-state index < -0.39 is 8.07 Å². The van der Waals surface area contributed by atoms with E-state index >= 15 is 0 Å². The van der Waals surface area contributed by atoms with E-state index in [1.54, 1.807) is 5.57 Å². The lowest BCUT2D eigenvalue weighted by atomic mass is 10.00. The molecule has 0 rings (SSSR count). The molecule has 0 aliphatic heterocycles. The van der Waals surface area contributed by atoms with Gasteiger partial charge in [0, 0.05) is 0 Å². The molecule has 0 amide bonds. The molecular formula is C19H38Si. The Morgan fingerprint density at radius 2 is 1.65 bits per heavy atom. The Kier molecular flexibility index (Phi) is 9.45. The van der Waals surface area contributed by atoms with Crippen molar-refractivity contribution < 1.29 is 0 Å². The van der Waals surface area contributed by atoms with E-state index in [0.717, 1.165) is 0 Å². The fourth-order valence-corrected chi connectivity index (χ4v) is 8.67. The molecule has 118 valence electrons. The second-order valence-electron chi connectivity index (χ2n) is 6.66. The third-order valence-corrected chi connectivity index (χ3v) is 12.7. The van der Waals surface area contributed by atoms with Crippen molar-refractivity contribution in [3.8, 4) is 0 Å². The molecule has 0 aliphatic carbocycles. The lowest BCUT2D eigenvalue weighted by Gasteiger charge is -2.45. The van der Waals surface area contributed by atoms with Crippen molar-refractivity contribution in [1.82, 2.24) is 0 Å². The van der Waals surface area contributed by atoms with Crippen LogP contribution in [0.1, 0.15) is 73.6 Å². The van der Waals surface area contributed by atoms with Gasteiger partial charge in [0.2, 0.25) is 0 Å².